The smallest absolute Gasteiger partial charge is 0.223 e. The van der Waals surface area contributed by atoms with Gasteiger partial charge in [-0.2, -0.15) is 0 Å². The van der Waals surface area contributed by atoms with Gasteiger partial charge in [0.1, 0.15) is 0 Å². The van der Waals surface area contributed by atoms with Crippen molar-refractivity contribution in [1.29, 1.82) is 0 Å². The molecule has 0 N–H and O–H groups in total. The first-order chi connectivity index (χ1) is 9.51. The van der Waals surface area contributed by atoms with Gasteiger partial charge in [-0.3, -0.25) is 4.79 Å². The number of amides is 1. The lowest BCUT2D eigenvalue weighted by Crippen LogP contribution is -2.32. The molecule has 20 heavy (non-hydrogen) atoms. The van der Waals surface area contributed by atoms with Crippen LogP contribution in [0.3, 0.4) is 0 Å². The highest BCUT2D eigenvalue weighted by atomic mass is 32.2. The lowest BCUT2D eigenvalue weighted by Gasteiger charge is -2.20. The zero-order valence-electron chi connectivity index (χ0n) is 12.2. The molecule has 0 aromatic heterocycles. The number of unbranched alkanes of at least 4 members (excludes halogenated alkanes) is 1. The van der Waals surface area contributed by atoms with Crippen LogP contribution in [0.1, 0.15) is 33.1 Å². The fourth-order valence-corrected chi connectivity index (χ4v) is 3.18. The number of carbonyl (C=O) groups is 1. The van der Waals surface area contributed by atoms with Crippen molar-refractivity contribution in [2.75, 3.05) is 18.8 Å². The third-order valence-corrected chi connectivity index (χ3v) is 4.93. The molecule has 0 heterocycles. The van der Waals surface area contributed by atoms with Crippen LogP contribution in [0.2, 0.25) is 0 Å². The van der Waals surface area contributed by atoms with Gasteiger partial charge in [0.2, 0.25) is 5.91 Å². The van der Waals surface area contributed by atoms with Crippen molar-refractivity contribution in [2.45, 2.75) is 38.0 Å². The summed E-state index contributed by atoms with van der Waals surface area (Å²) >= 11 is 0. The molecule has 0 spiro atoms. The highest BCUT2D eigenvalue weighted by molar-refractivity contribution is 7.91. The Kier molecular flexibility index (Phi) is 6.71. The number of hydrogen-bond acceptors (Lipinski definition) is 3. The molecule has 0 saturated carbocycles. The van der Waals surface area contributed by atoms with E-state index >= 15 is 0 Å². The zero-order valence-corrected chi connectivity index (χ0v) is 13.0. The molecular weight excluding hydrogens is 274 g/mol. The first kappa shape index (κ1) is 16.7. The van der Waals surface area contributed by atoms with E-state index in [9.17, 15) is 13.2 Å². The van der Waals surface area contributed by atoms with Gasteiger partial charge in [-0.1, -0.05) is 31.5 Å². The van der Waals surface area contributed by atoms with Crippen LogP contribution in [0.4, 0.5) is 0 Å². The molecule has 0 aliphatic carbocycles. The Hall–Kier alpha value is -1.36. The number of carbonyl (C=O) groups excluding carboxylic acids is 1. The van der Waals surface area contributed by atoms with Crippen LogP contribution in [0, 0.1) is 0 Å². The Morgan fingerprint density at radius 1 is 1.15 bits per heavy atom. The van der Waals surface area contributed by atoms with E-state index in [0.29, 0.717) is 13.1 Å². The predicted octanol–water partition coefficient (Wildman–Crippen LogP) is 2.50. The van der Waals surface area contributed by atoms with Crippen molar-refractivity contribution >= 4 is 15.7 Å². The summed E-state index contributed by atoms with van der Waals surface area (Å²) in [6.45, 7) is 5.32. The van der Waals surface area contributed by atoms with E-state index in [0.717, 1.165) is 12.8 Å². The fourth-order valence-electron chi connectivity index (χ4n) is 1.93. The Morgan fingerprint density at radius 3 is 2.35 bits per heavy atom. The summed E-state index contributed by atoms with van der Waals surface area (Å²) in [4.78, 5) is 14.0. The van der Waals surface area contributed by atoms with Crippen LogP contribution in [-0.4, -0.2) is 38.1 Å². The third kappa shape index (κ3) is 4.96. The van der Waals surface area contributed by atoms with Gasteiger partial charge in [-0.05, 0) is 25.5 Å². The molecule has 112 valence electrons. The highest BCUT2D eigenvalue weighted by Crippen LogP contribution is 2.12. The summed E-state index contributed by atoms with van der Waals surface area (Å²) in [7, 11) is -3.37. The molecule has 0 atom stereocenters. The molecule has 0 unspecified atom stereocenters. The van der Waals surface area contributed by atoms with Gasteiger partial charge in [-0.15, -0.1) is 0 Å². The van der Waals surface area contributed by atoms with Gasteiger partial charge in [0.05, 0.1) is 10.6 Å². The van der Waals surface area contributed by atoms with E-state index in [1.165, 1.54) is 0 Å². The van der Waals surface area contributed by atoms with E-state index in [2.05, 4.69) is 6.92 Å². The second-order valence-corrected chi connectivity index (χ2v) is 6.82. The molecule has 1 aromatic rings. The van der Waals surface area contributed by atoms with Crippen LogP contribution in [0.15, 0.2) is 35.2 Å². The normalized spacial score (nSPS) is 11.3. The summed E-state index contributed by atoms with van der Waals surface area (Å²) < 4.78 is 24.2. The average molecular weight is 297 g/mol. The Balaban J connectivity index is 2.59. The topological polar surface area (TPSA) is 54.5 Å². The van der Waals surface area contributed by atoms with Gasteiger partial charge in [0.25, 0.3) is 0 Å². The standard InChI is InChI=1S/C15H23NO3S/c1-3-5-12-16(4-2)15(17)11-13-20(18,19)14-9-7-6-8-10-14/h6-10H,3-5,11-13H2,1-2H3. The molecule has 1 rings (SSSR count). The average Bonchev–Trinajstić information content (AvgIpc) is 2.47. The first-order valence-corrected chi connectivity index (χ1v) is 8.72. The minimum Gasteiger partial charge on any atom is -0.343 e. The summed E-state index contributed by atoms with van der Waals surface area (Å²) in [6, 6.07) is 8.28. The minimum atomic E-state index is -3.37. The van der Waals surface area contributed by atoms with Crippen LogP contribution >= 0.6 is 0 Å². The molecule has 0 aliphatic rings. The molecule has 0 saturated heterocycles. The van der Waals surface area contributed by atoms with E-state index < -0.39 is 9.84 Å². The third-order valence-electron chi connectivity index (χ3n) is 3.20. The van der Waals surface area contributed by atoms with Crippen molar-refractivity contribution in [2.24, 2.45) is 0 Å². The van der Waals surface area contributed by atoms with Gasteiger partial charge in [-0.25, -0.2) is 8.42 Å². The highest BCUT2D eigenvalue weighted by Gasteiger charge is 2.18. The van der Waals surface area contributed by atoms with Gasteiger partial charge in [0.15, 0.2) is 9.84 Å². The van der Waals surface area contributed by atoms with Crippen molar-refractivity contribution < 1.29 is 13.2 Å². The summed E-state index contributed by atoms with van der Waals surface area (Å²) in [5.74, 6) is -0.209. The first-order valence-electron chi connectivity index (χ1n) is 7.06. The summed E-state index contributed by atoms with van der Waals surface area (Å²) in [6.07, 6.45) is 2.02. The van der Waals surface area contributed by atoms with E-state index in [4.69, 9.17) is 0 Å². The Labute approximate surface area is 121 Å². The molecule has 5 heteroatoms. The van der Waals surface area contributed by atoms with Crippen LogP contribution in [-0.2, 0) is 14.6 Å². The molecule has 0 radical (unpaired) electrons. The Morgan fingerprint density at radius 2 is 1.80 bits per heavy atom. The van der Waals surface area contributed by atoms with Crippen molar-refractivity contribution in [1.82, 2.24) is 4.90 Å². The molecule has 4 nitrogen and oxygen atoms in total. The van der Waals surface area contributed by atoms with Gasteiger partial charge >= 0.3 is 0 Å². The minimum absolute atomic E-state index is 0.0504. The number of hydrogen-bond donors (Lipinski definition) is 0. The number of nitrogens with zero attached hydrogens (tertiary/aromatic N) is 1. The second kappa shape index (κ2) is 8.04. The number of benzene rings is 1. The largest absolute Gasteiger partial charge is 0.343 e. The number of sulfone groups is 1. The zero-order chi connectivity index (χ0) is 15.0. The molecular formula is C15H23NO3S. The van der Waals surface area contributed by atoms with Crippen molar-refractivity contribution in [3.8, 4) is 0 Å². The molecule has 1 aromatic carbocycles. The van der Waals surface area contributed by atoms with E-state index in [1.807, 2.05) is 6.92 Å². The van der Waals surface area contributed by atoms with Gasteiger partial charge in [0, 0.05) is 19.5 Å². The summed E-state index contributed by atoms with van der Waals surface area (Å²) in [5, 5.41) is 0. The fraction of sp³-hybridized carbons (Fsp3) is 0.533. The SMILES string of the molecule is CCCCN(CC)C(=O)CCS(=O)(=O)c1ccccc1. The van der Waals surface area contributed by atoms with E-state index in [-0.39, 0.29) is 23.0 Å². The Bertz CT molecular complexity index is 511. The molecule has 0 fully saturated rings. The van der Waals surface area contributed by atoms with Crippen LogP contribution < -0.4 is 0 Å². The second-order valence-electron chi connectivity index (χ2n) is 4.71. The van der Waals surface area contributed by atoms with E-state index in [1.54, 1.807) is 35.2 Å². The lowest BCUT2D eigenvalue weighted by molar-refractivity contribution is -0.130. The lowest BCUT2D eigenvalue weighted by atomic mass is 10.3. The number of rotatable bonds is 8. The molecule has 0 bridgehead atoms. The maximum atomic E-state index is 12.1. The van der Waals surface area contributed by atoms with Gasteiger partial charge < -0.3 is 4.90 Å². The predicted molar refractivity (Wildman–Crippen MR) is 80.3 cm³/mol. The van der Waals surface area contributed by atoms with Crippen molar-refractivity contribution in [3.05, 3.63) is 30.3 Å². The summed E-state index contributed by atoms with van der Waals surface area (Å²) in [5.41, 5.74) is 0. The van der Waals surface area contributed by atoms with Crippen LogP contribution in [0.25, 0.3) is 0 Å². The molecule has 0 aliphatic heterocycles. The van der Waals surface area contributed by atoms with Crippen molar-refractivity contribution in [3.63, 3.8) is 0 Å². The monoisotopic (exact) mass is 297 g/mol. The maximum absolute atomic E-state index is 12.1. The maximum Gasteiger partial charge on any atom is 0.223 e. The van der Waals surface area contributed by atoms with Crippen LogP contribution in [0.5, 0.6) is 0 Å². The quantitative estimate of drug-likeness (QED) is 0.741. The molecule has 1 amide bonds.